The van der Waals surface area contributed by atoms with E-state index >= 15 is 0 Å². The second kappa shape index (κ2) is 14.2. The minimum atomic E-state index is -0.0362. The highest BCUT2D eigenvalue weighted by Gasteiger charge is 2.35. The van der Waals surface area contributed by atoms with Crippen LogP contribution in [-0.2, 0) is 5.41 Å². The van der Waals surface area contributed by atoms with Crippen LogP contribution in [0.15, 0.2) is 206 Å². The molecule has 0 aliphatic heterocycles. The Morgan fingerprint density at radius 1 is 0.281 bits per heavy atom. The Bertz CT molecular complexity index is 2810. The molecular weight excluding hydrogens is 689 g/mol. The number of fused-ring (bicyclic) bond motifs is 3. The molecule has 1 aliphatic rings. The van der Waals surface area contributed by atoms with Crippen molar-refractivity contribution in [3.63, 3.8) is 0 Å². The van der Waals surface area contributed by atoms with Crippen molar-refractivity contribution in [1.82, 2.24) is 9.97 Å². The lowest BCUT2D eigenvalue weighted by atomic mass is 9.81. The highest BCUT2D eigenvalue weighted by Crippen LogP contribution is 2.49. The molecule has 8 aromatic carbocycles. The first-order valence-corrected chi connectivity index (χ1v) is 19.6. The van der Waals surface area contributed by atoms with E-state index in [9.17, 15) is 0 Å². The minimum Gasteiger partial charge on any atom is -0.228 e. The Balaban J connectivity index is 1.01. The Kier molecular flexibility index (Phi) is 8.53. The van der Waals surface area contributed by atoms with Gasteiger partial charge in [-0.25, -0.2) is 9.97 Å². The van der Waals surface area contributed by atoms with Crippen molar-refractivity contribution in [3.05, 3.63) is 217 Å². The summed E-state index contributed by atoms with van der Waals surface area (Å²) in [6, 6.07) is 73.8. The van der Waals surface area contributed by atoms with Crippen LogP contribution >= 0.6 is 0 Å². The molecule has 1 heterocycles. The molecule has 57 heavy (non-hydrogen) atoms. The van der Waals surface area contributed by atoms with Crippen molar-refractivity contribution >= 4 is 0 Å². The number of hydrogen-bond donors (Lipinski definition) is 0. The van der Waals surface area contributed by atoms with E-state index in [1.54, 1.807) is 0 Å². The molecule has 10 rings (SSSR count). The van der Waals surface area contributed by atoms with Gasteiger partial charge in [0.15, 0.2) is 5.82 Å². The summed E-state index contributed by atoms with van der Waals surface area (Å²) in [7, 11) is 0. The summed E-state index contributed by atoms with van der Waals surface area (Å²) >= 11 is 0. The van der Waals surface area contributed by atoms with Crippen LogP contribution in [0.2, 0.25) is 0 Å². The molecule has 0 saturated heterocycles. The summed E-state index contributed by atoms with van der Waals surface area (Å²) in [5.41, 5.74) is 19.7. The fourth-order valence-electron chi connectivity index (χ4n) is 8.42. The number of aromatic nitrogens is 2. The molecule has 0 saturated carbocycles. The second-order valence-electron chi connectivity index (χ2n) is 15.4. The lowest BCUT2D eigenvalue weighted by molar-refractivity contribution is 0.660. The Morgan fingerprint density at radius 3 is 1.33 bits per heavy atom. The third-order valence-corrected chi connectivity index (χ3v) is 11.5. The summed E-state index contributed by atoms with van der Waals surface area (Å²) in [6.07, 6.45) is 0. The fraction of sp³-hybridized carbons (Fsp3) is 0.0545. The number of hydrogen-bond acceptors (Lipinski definition) is 2. The first kappa shape index (κ1) is 34.3. The summed E-state index contributed by atoms with van der Waals surface area (Å²) in [5.74, 6) is 0.697. The van der Waals surface area contributed by atoms with E-state index in [2.05, 4.69) is 214 Å². The van der Waals surface area contributed by atoms with Gasteiger partial charge in [-0.1, -0.05) is 190 Å². The highest BCUT2D eigenvalue weighted by molar-refractivity contribution is 5.85. The maximum absolute atomic E-state index is 5.22. The third-order valence-electron chi connectivity index (χ3n) is 11.5. The average Bonchev–Trinajstić information content (AvgIpc) is 3.52. The van der Waals surface area contributed by atoms with Crippen molar-refractivity contribution in [2.45, 2.75) is 19.3 Å². The zero-order chi connectivity index (χ0) is 38.3. The van der Waals surface area contributed by atoms with Crippen LogP contribution in [0.4, 0.5) is 0 Å². The third kappa shape index (κ3) is 6.46. The molecular formula is C55H40N2. The van der Waals surface area contributed by atoms with E-state index in [1.165, 1.54) is 44.5 Å². The maximum Gasteiger partial charge on any atom is 0.160 e. The molecule has 9 aromatic rings. The van der Waals surface area contributed by atoms with Crippen LogP contribution in [0.5, 0.6) is 0 Å². The van der Waals surface area contributed by atoms with Crippen LogP contribution in [0.3, 0.4) is 0 Å². The smallest absolute Gasteiger partial charge is 0.160 e. The molecule has 2 heteroatoms. The monoisotopic (exact) mass is 728 g/mol. The number of nitrogens with zero attached hydrogens (tertiary/aromatic N) is 2. The van der Waals surface area contributed by atoms with Gasteiger partial charge >= 0.3 is 0 Å². The van der Waals surface area contributed by atoms with Gasteiger partial charge in [0, 0.05) is 22.1 Å². The predicted octanol–water partition coefficient (Wildman–Crippen LogP) is 14.5. The Morgan fingerprint density at radius 2 is 0.684 bits per heavy atom. The van der Waals surface area contributed by atoms with Gasteiger partial charge in [-0.2, -0.15) is 0 Å². The van der Waals surface area contributed by atoms with Gasteiger partial charge in [-0.15, -0.1) is 0 Å². The van der Waals surface area contributed by atoms with Crippen molar-refractivity contribution in [3.8, 4) is 89.5 Å². The summed E-state index contributed by atoms with van der Waals surface area (Å²) in [6.45, 7) is 4.68. The summed E-state index contributed by atoms with van der Waals surface area (Å²) < 4.78 is 0. The standard InChI is InChI=1S/C55H40N2/c1-55(2)50-25-10-9-24-48(50)49-31-30-45(35-51(49)55)44-21-11-18-41(32-44)39-26-28-40(29-27-39)52-36-53(46-22-12-19-42(33-46)37-14-5-3-6-15-37)57-54(56-52)47-23-13-20-43(34-47)38-16-7-4-8-17-38/h3-36H,1-2H3. The summed E-state index contributed by atoms with van der Waals surface area (Å²) in [5, 5.41) is 0. The molecule has 0 N–H and O–H groups in total. The van der Waals surface area contributed by atoms with Gasteiger partial charge in [0.05, 0.1) is 11.4 Å². The van der Waals surface area contributed by atoms with Crippen molar-refractivity contribution in [1.29, 1.82) is 0 Å². The second-order valence-corrected chi connectivity index (χ2v) is 15.4. The van der Waals surface area contributed by atoms with Crippen LogP contribution in [0.25, 0.3) is 89.5 Å². The van der Waals surface area contributed by atoms with E-state index in [0.29, 0.717) is 5.82 Å². The molecule has 0 radical (unpaired) electrons. The Hall–Kier alpha value is -7.16. The van der Waals surface area contributed by atoms with Gasteiger partial charge in [0.2, 0.25) is 0 Å². The van der Waals surface area contributed by atoms with E-state index in [0.717, 1.165) is 50.3 Å². The van der Waals surface area contributed by atoms with E-state index < -0.39 is 0 Å². The normalized spacial score (nSPS) is 12.5. The van der Waals surface area contributed by atoms with Crippen molar-refractivity contribution < 1.29 is 0 Å². The lowest BCUT2D eigenvalue weighted by Gasteiger charge is -2.22. The zero-order valence-electron chi connectivity index (χ0n) is 32.0. The van der Waals surface area contributed by atoms with Gasteiger partial charge in [-0.05, 0) is 97.1 Å². The van der Waals surface area contributed by atoms with E-state index in [1.807, 2.05) is 6.07 Å². The van der Waals surface area contributed by atoms with Crippen LogP contribution in [-0.4, -0.2) is 9.97 Å². The molecule has 0 spiro atoms. The molecule has 0 bridgehead atoms. The lowest BCUT2D eigenvalue weighted by Crippen LogP contribution is -2.14. The fourth-order valence-corrected chi connectivity index (χ4v) is 8.42. The first-order chi connectivity index (χ1) is 28.0. The largest absolute Gasteiger partial charge is 0.228 e. The first-order valence-electron chi connectivity index (χ1n) is 19.6. The molecule has 270 valence electrons. The quantitative estimate of drug-likeness (QED) is 0.163. The number of rotatable bonds is 7. The Labute approximate surface area is 334 Å². The molecule has 0 unspecified atom stereocenters. The molecule has 1 aromatic heterocycles. The average molecular weight is 729 g/mol. The van der Waals surface area contributed by atoms with Crippen LogP contribution in [0, 0.1) is 0 Å². The number of benzene rings is 8. The van der Waals surface area contributed by atoms with E-state index in [4.69, 9.17) is 9.97 Å². The SMILES string of the molecule is CC1(C)c2ccccc2-c2ccc(-c3cccc(-c4ccc(-c5cc(-c6cccc(-c7ccccc7)c6)nc(-c6cccc(-c7ccccc7)c6)n5)cc4)c3)cc21. The van der Waals surface area contributed by atoms with E-state index in [-0.39, 0.29) is 5.41 Å². The van der Waals surface area contributed by atoms with Crippen molar-refractivity contribution in [2.24, 2.45) is 0 Å². The molecule has 0 amide bonds. The molecule has 0 atom stereocenters. The van der Waals surface area contributed by atoms with Gasteiger partial charge in [-0.3, -0.25) is 0 Å². The molecule has 1 aliphatic carbocycles. The molecule has 0 fully saturated rings. The van der Waals surface area contributed by atoms with Crippen LogP contribution < -0.4 is 0 Å². The van der Waals surface area contributed by atoms with Crippen molar-refractivity contribution in [2.75, 3.05) is 0 Å². The van der Waals surface area contributed by atoms with Gasteiger partial charge in [0.1, 0.15) is 0 Å². The van der Waals surface area contributed by atoms with Gasteiger partial charge < -0.3 is 0 Å². The summed E-state index contributed by atoms with van der Waals surface area (Å²) in [4.78, 5) is 10.4. The zero-order valence-corrected chi connectivity index (χ0v) is 32.0. The molecule has 2 nitrogen and oxygen atoms in total. The maximum atomic E-state index is 5.22. The highest BCUT2D eigenvalue weighted by atomic mass is 14.9. The van der Waals surface area contributed by atoms with Crippen LogP contribution in [0.1, 0.15) is 25.0 Å². The minimum absolute atomic E-state index is 0.0362. The topological polar surface area (TPSA) is 25.8 Å². The van der Waals surface area contributed by atoms with Gasteiger partial charge in [0.25, 0.3) is 0 Å². The predicted molar refractivity (Wildman–Crippen MR) is 238 cm³/mol.